The summed E-state index contributed by atoms with van der Waals surface area (Å²) in [5.74, 6) is 0.966. The third-order valence-electron chi connectivity index (χ3n) is 3.59. The highest BCUT2D eigenvalue weighted by molar-refractivity contribution is 5.95. The molecule has 1 aliphatic carbocycles. The van der Waals surface area contributed by atoms with Crippen LogP contribution in [0.4, 0.5) is 5.82 Å². The van der Waals surface area contributed by atoms with E-state index >= 15 is 0 Å². The molecule has 0 bridgehead atoms. The van der Waals surface area contributed by atoms with E-state index in [1.165, 1.54) is 19.3 Å². The molecule has 2 N–H and O–H groups in total. The molecule has 0 atom stereocenters. The van der Waals surface area contributed by atoms with Crippen molar-refractivity contribution in [2.24, 2.45) is 0 Å². The summed E-state index contributed by atoms with van der Waals surface area (Å²) in [6.45, 7) is 3.87. The molecule has 0 aromatic carbocycles. The maximum absolute atomic E-state index is 11.8. The van der Waals surface area contributed by atoms with Gasteiger partial charge in [-0.1, -0.05) is 19.3 Å². The number of hydrogen-bond acceptors (Lipinski definition) is 5. The van der Waals surface area contributed by atoms with Gasteiger partial charge in [-0.25, -0.2) is 14.8 Å². The van der Waals surface area contributed by atoms with Crippen molar-refractivity contribution in [3.8, 4) is 0 Å². The second-order valence-corrected chi connectivity index (χ2v) is 4.98. The van der Waals surface area contributed by atoms with Gasteiger partial charge in [0.2, 0.25) is 0 Å². The number of anilines is 1. The van der Waals surface area contributed by atoms with E-state index in [9.17, 15) is 4.79 Å². The molecule has 2 rings (SSSR count). The summed E-state index contributed by atoms with van der Waals surface area (Å²) >= 11 is 0. The van der Waals surface area contributed by atoms with Crippen molar-refractivity contribution in [3.05, 3.63) is 17.1 Å². The average molecular weight is 263 g/mol. The first-order chi connectivity index (χ1) is 9.13. The maximum atomic E-state index is 11.8. The van der Waals surface area contributed by atoms with E-state index in [1.807, 2.05) is 0 Å². The number of carbonyl (C=O) groups excluding carboxylic acids is 1. The first-order valence-electron chi connectivity index (χ1n) is 6.94. The highest BCUT2D eigenvalue weighted by Crippen LogP contribution is 2.31. The van der Waals surface area contributed by atoms with Crippen molar-refractivity contribution < 1.29 is 9.53 Å². The van der Waals surface area contributed by atoms with Crippen LogP contribution < -0.4 is 5.73 Å². The van der Waals surface area contributed by atoms with Gasteiger partial charge in [-0.2, -0.15) is 0 Å². The quantitative estimate of drug-likeness (QED) is 0.848. The summed E-state index contributed by atoms with van der Waals surface area (Å²) in [4.78, 5) is 20.6. The van der Waals surface area contributed by atoms with Crippen LogP contribution in [0.15, 0.2) is 0 Å². The largest absolute Gasteiger partial charge is 0.462 e. The Morgan fingerprint density at radius 2 is 2.00 bits per heavy atom. The number of aryl methyl sites for hydroxylation is 1. The molecule has 5 heteroatoms. The Hall–Kier alpha value is -1.65. The second-order valence-electron chi connectivity index (χ2n) is 4.98. The number of rotatable bonds is 3. The van der Waals surface area contributed by atoms with Crippen LogP contribution in [0.3, 0.4) is 0 Å². The summed E-state index contributed by atoms with van der Waals surface area (Å²) in [7, 11) is 0. The van der Waals surface area contributed by atoms with Crippen molar-refractivity contribution >= 4 is 11.8 Å². The summed E-state index contributed by atoms with van der Waals surface area (Å²) in [5, 5.41) is 0. The lowest BCUT2D eigenvalue weighted by molar-refractivity contribution is 0.0525. The summed E-state index contributed by atoms with van der Waals surface area (Å²) in [6, 6.07) is 0. The maximum Gasteiger partial charge on any atom is 0.343 e. The SMILES string of the molecule is CCOC(=O)c1c(C)nc(C2CCCCC2)nc1N. The van der Waals surface area contributed by atoms with E-state index in [0.29, 0.717) is 23.8 Å². The number of esters is 1. The van der Waals surface area contributed by atoms with E-state index in [2.05, 4.69) is 9.97 Å². The van der Waals surface area contributed by atoms with Gasteiger partial charge < -0.3 is 10.5 Å². The Bertz CT molecular complexity index is 445. The monoisotopic (exact) mass is 263 g/mol. The number of nitrogens with zero attached hydrogens (tertiary/aromatic N) is 2. The number of aromatic nitrogens is 2. The number of hydrogen-bond donors (Lipinski definition) is 1. The highest BCUT2D eigenvalue weighted by Gasteiger charge is 2.23. The summed E-state index contributed by atoms with van der Waals surface area (Å²) < 4.78 is 4.98. The zero-order valence-electron chi connectivity index (χ0n) is 11.6. The number of nitrogen functional groups attached to an aromatic ring is 1. The lowest BCUT2D eigenvalue weighted by atomic mass is 9.88. The van der Waals surface area contributed by atoms with Gasteiger partial charge in [-0.15, -0.1) is 0 Å². The van der Waals surface area contributed by atoms with Crippen LogP contribution in [0.1, 0.15) is 66.8 Å². The van der Waals surface area contributed by atoms with E-state index in [4.69, 9.17) is 10.5 Å². The van der Waals surface area contributed by atoms with Gasteiger partial charge >= 0.3 is 5.97 Å². The Labute approximate surface area is 113 Å². The molecule has 0 aliphatic heterocycles. The van der Waals surface area contributed by atoms with Crippen molar-refractivity contribution in [1.82, 2.24) is 9.97 Å². The Balaban J connectivity index is 2.27. The Morgan fingerprint density at radius 3 is 2.58 bits per heavy atom. The minimum atomic E-state index is -0.437. The molecule has 104 valence electrons. The number of nitrogens with two attached hydrogens (primary N) is 1. The molecular weight excluding hydrogens is 242 g/mol. The van der Waals surface area contributed by atoms with E-state index < -0.39 is 5.97 Å². The zero-order valence-corrected chi connectivity index (χ0v) is 11.6. The predicted molar refractivity (Wildman–Crippen MR) is 73.0 cm³/mol. The fourth-order valence-electron chi connectivity index (χ4n) is 2.62. The molecule has 0 spiro atoms. The topological polar surface area (TPSA) is 78.1 Å². The molecule has 19 heavy (non-hydrogen) atoms. The average Bonchev–Trinajstić information content (AvgIpc) is 2.39. The standard InChI is InChI=1S/C14H21N3O2/c1-3-19-14(18)11-9(2)16-13(17-12(11)15)10-7-5-4-6-8-10/h10H,3-8H2,1-2H3,(H2,15,16,17). The lowest BCUT2D eigenvalue weighted by Gasteiger charge is -2.21. The van der Waals surface area contributed by atoms with Crippen LogP contribution in [0.25, 0.3) is 0 Å². The minimum Gasteiger partial charge on any atom is -0.462 e. The van der Waals surface area contributed by atoms with Crippen molar-refractivity contribution in [3.63, 3.8) is 0 Å². The molecule has 1 aromatic rings. The van der Waals surface area contributed by atoms with Crippen LogP contribution >= 0.6 is 0 Å². The third kappa shape index (κ3) is 3.03. The molecule has 1 fully saturated rings. The molecule has 0 saturated heterocycles. The van der Waals surface area contributed by atoms with Crippen LogP contribution in [0.2, 0.25) is 0 Å². The first kappa shape index (κ1) is 13.8. The van der Waals surface area contributed by atoms with Gasteiger partial charge in [0.25, 0.3) is 0 Å². The van der Waals surface area contributed by atoms with Crippen LogP contribution in [-0.2, 0) is 4.74 Å². The van der Waals surface area contributed by atoms with Crippen molar-refractivity contribution in [2.75, 3.05) is 12.3 Å². The first-order valence-corrected chi connectivity index (χ1v) is 6.94. The molecule has 0 amide bonds. The summed E-state index contributed by atoms with van der Waals surface area (Å²) in [6.07, 6.45) is 5.93. The fourth-order valence-corrected chi connectivity index (χ4v) is 2.62. The number of ether oxygens (including phenoxy) is 1. The molecular formula is C14H21N3O2. The fraction of sp³-hybridized carbons (Fsp3) is 0.643. The van der Waals surface area contributed by atoms with Crippen molar-refractivity contribution in [2.45, 2.75) is 51.9 Å². The summed E-state index contributed by atoms with van der Waals surface area (Å²) in [5.41, 5.74) is 6.83. The molecule has 0 unspecified atom stereocenters. The van der Waals surface area contributed by atoms with E-state index in [0.717, 1.165) is 18.7 Å². The third-order valence-corrected chi connectivity index (χ3v) is 3.59. The van der Waals surface area contributed by atoms with Gasteiger partial charge in [-0.05, 0) is 26.7 Å². The normalized spacial score (nSPS) is 16.3. The smallest absolute Gasteiger partial charge is 0.343 e. The van der Waals surface area contributed by atoms with Crippen molar-refractivity contribution in [1.29, 1.82) is 0 Å². The zero-order chi connectivity index (χ0) is 13.8. The van der Waals surface area contributed by atoms with Gasteiger partial charge in [0.15, 0.2) is 0 Å². The molecule has 1 saturated carbocycles. The molecule has 0 radical (unpaired) electrons. The Kier molecular flexibility index (Phi) is 4.35. The van der Waals surface area contributed by atoms with Crippen LogP contribution in [-0.4, -0.2) is 22.5 Å². The minimum absolute atomic E-state index is 0.242. The Morgan fingerprint density at radius 1 is 1.32 bits per heavy atom. The van der Waals surface area contributed by atoms with E-state index in [-0.39, 0.29) is 5.82 Å². The number of carbonyl (C=O) groups is 1. The van der Waals surface area contributed by atoms with Gasteiger partial charge in [-0.3, -0.25) is 0 Å². The molecule has 5 nitrogen and oxygen atoms in total. The second kappa shape index (κ2) is 5.99. The van der Waals surface area contributed by atoms with Crippen LogP contribution in [0.5, 0.6) is 0 Å². The van der Waals surface area contributed by atoms with Crippen LogP contribution in [0, 0.1) is 6.92 Å². The molecule has 1 aliphatic rings. The van der Waals surface area contributed by atoms with Gasteiger partial charge in [0, 0.05) is 5.92 Å². The molecule has 1 aromatic heterocycles. The highest BCUT2D eigenvalue weighted by atomic mass is 16.5. The van der Waals surface area contributed by atoms with Gasteiger partial charge in [0.1, 0.15) is 17.2 Å². The predicted octanol–water partition coefficient (Wildman–Crippen LogP) is 2.59. The lowest BCUT2D eigenvalue weighted by Crippen LogP contribution is -2.17. The van der Waals surface area contributed by atoms with Gasteiger partial charge in [0.05, 0.1) is 12.3 Å². The van der Waals surface area contributed by atoms with E-state index in [1.54, 1.807) is 13.8 Å². The molecule has 1 heterocycles.